The number of hydrogen-bond donors (Lipinski definition) is 1. The summed E-state index contributed by atoms with van der Waals surface area (Å²) < 4.78 is 27.5. The van der Waals surface area contributed by atoms with Crippen molar-refractivity contribution < 1.29 is 17.6 Å². The molecule has 0 unspecified atom stereocenters. The Morgan fingerprint density at radius 3 is 2.67 bits per heavy atom. The van der Waals surface area contributed by atoms with Gasteiger partial charge in [0.1, 0.15) is 17.3 Å². The van der Waals surface area contributed by atoms with Crippen molar-refractivity contribution in [2.45, 2.75) is 5.75 Å². The first-order valence-electron chi connectivity index (χ1n) is 5.63. The van der Waals surface area contributed by atoms with Crippen molar-refractivity contribution in [3.8, 4) is 0 Å². The van der Waals surface area contributed by atoms with E-state index in [2.05, 4.69) is 10.3 Å². The summed E-state index contributed by atoms with van der Waals surface area (Å²) in [6, 6.07) is 4.20. The third-order valence-corrected chi connectivity index (χ3v) is 3.86. The topological polar surface area (TPSA) is 89.3 Å². The minimum atomic E-state index is -3.23. The molecule has 1 N–H and O–H groups in total. The quantitative estimate of drug-likeness (QED) is 0.917. The lowest BCUT2D eigenvalue weighted by molar-refractivity contribution is 0.0995. The van der Waals surface area contributed by atoms with Crippen LogP contribution in [0.15, 0.2) is 28.8 Å². The van der Waals surface area contributed by atoms with Crippen molar-refractivity contribution in [3.63, 3.8) is 0 Å². The third-order valence-electron chi connectivity index (χ3n) is 2.34. The zero-order valence-corrected chi connectivity index (χ0v) is 13.1. The number of nitrogens with one attached hydrogen (secondary N) is 1. The zero-order valence-electron chi connectivity index (χ0n) is 10.8. The Morgan fingerprint density at radius 1 is 1.33 bits per heavy atom. The van der Waals surface area contributed by atoms with Gasteiger partial charge in [-0.05, 0) is 12.1 Å². The Bertz CT molecular complexity index is 786. The Hall–Kier alpha value is -1.57. The summed E-state index contributed by atoms with van der Waals surface area (Å²) in [5, 5.41) is 2.98. The van der Waals surface area contributed by atoms with Gasteiger partial charge in [-0.1, -0.05) is 23.2 Å². The molecular formula is C12H10Cl2N2O4S. The van der Waals surface area contributed by atoms with Crippen LogP contribution in [-0.4, -0.2) is 25.6 Å². The largest absolute Gasteiger partial charge is 0.455 e. The van der Waals surface area contributed by atoms with Gasteiger partial charge in [-0.15, -0.1) is 0 Å². The number of amides is 1. The first-order valence-corrected chi connectivity index (χ1v) is 8.45. The van der Waals surface area contributed by atoms with Crippen LogP contribution in [0.25, 0.3) is 0 Å². The van der Waals surface area contributed by atoms with Crippen molar-refractivity contribution in [2.75, 3.05) is 11.6 Å². The molecule has 0 aliphatic heterocycles. The van der Waals surface area contributed by atoms with Gasteiger partial charge in [0.2, 0.25) is 0 Å². The molecule has 0 radical (unpaired) electrons. The number of pyridine rings is 1. The van der Waals surface area contributed by atoms with Crippen LogP contribution in [0.3, 0.4) is 0 Å². The van der Waals surface area contributed by atoms with Crippen molar-refractivity contribution in [3.05, 3.63) is 46.0 Å². The third kappa shape index (κ3) is 4.45. The maximum atomic E-state index is 11.9. The molecule has 2 aromatic rings. The van der Waals surface area contributed by atoms with Gasteiger partial charge in [-0.2, -0.15) is 0 Å². The van der Waals surface area contributed by atoms with Gasteiger partial charge in [0.25, 0.3) is 5.91 Å². The van der Waals surface area contributed by atoms with E-state index in [-0.39, 0.29) is 33.1 Å². The molecule has 0 bridgehead atoms. The summed E-state index contributed by atoms with van der Waals surface area (Å²) in [5.41, 5.74) is 0. The van der Waals surface area contributed by atoms with Crippen LogP contribution in [0.2, 0.25) is 10.0 Å². The Morgan fingerprint density at radius 2 is 2.05 bits per heavy atom. The SMILES string of the molecule is CS(=O)(=O)Cc1ccc(C(=O)Nc2cc(Cl)c(Cl)cn2)o1. The van der Waals surface area contributed by atoms with Gasteiger partial charge in [0, 0.05) is 18.5 Å². The van der Waals surface area contributed by atoms with E-state index in [0.717, 1.165) is 6.26 Å². The van der Waals surface area contributed by atoms with Gasteiger partial charge >= 0.3 is 0 Å². The average molecular weight is 349 g/mol. The van der Waals surface area contributed by atoms with E-state index in [4.69, 9.17) is 27.6 Å². The van der Waals surface area contributed by atoms with E-state index >= 15 is 0 Å². The van der Waals surface area contributed by atoms with Crippen molar-refractivity contribution >= 4 is 44.8 Å². The van der Waals surface area contributed by atoms with Gasteiger partial charge in [-0.3, -0.25) is 4.79 Å². The molecule has 0 atom stereocenters. The molecule has 0 fully saturated rings. The number of nitrogens with zero attached hydrogens (tertiary/aromatic N) is 1. The monoisotopic (exact) mass is 348 g/mol. The van der Waals surface area contributed by atoms with E-state index in [0.29, 0.717) is 0 Å². The Kier molecular flexibility index (Phi) is 4.55. The molecule has 0 aliphatic rings. The highest BCUT2D eigenvalue weighted by molar-refractivity contribution is 7.89. The fraction of sp³-hybridized carbons (Fsp3) is 0.167. The van der Waals surface area contributed by atoms with Crippen LogP contribution in [0.1, 0.15) is 16.3 Å². The lowest BCUT2D eigenvalue weighted by Crippen LogP contribution is -2.12. The second-order valence-corrected chi connectivity index (χ2v) is 7.23. The zero-order chi connectivity index (χ0) is 15.6. The molecule has 2 heterocycles. The summed E-state index contributed by atoms with van der Waals surface area (Å²) in [7, 11) is -3.23. The van der Waals surface area contributed by atoms with E-state index in [1.165, 1.54) is 24.4 Å². The molecule has 2 rings (SSSR count). The number of furan rings is 1. The minimum absolute atomic E-state index is 0.0264. The van der Waals surface area contributed by atoms with Gasteiger partial charge < -0.3 is 9.73 Å². The molecular weight excluding hydrogens is 339 g/mol. The number of anilines is 1. The summed E-state index contributed by atoms with van der Waals surface area (Å²) in [4.78, 5) is 15.8. The predicted molar refractivity (Wildman–Crippen MR) is 79.5 cm³/mol. The fourth-order valence-corrected chi connectivity index (χ4v) is 2.42. The lowest BCUT2D eigenvalue weighted by atomic mass is 10.4. The van der Waals surface area contributed by atoms with E-state index in [9.17, 15) is 13.2 Å². The molecule has 6 nitrogen and oxygen atoms in total. The molecule has 0 aromatic carbocycles. The van der Waals surface area contributed by atoms with E-state index < -0.39 is 15.7 Å². The lowest BCUT2D eigenvalue weighted by Gasteiger charge is -2.03. The summed E-state index contributed by atoms with van der Waals surface area (Å²) >= 11 is 11.5. The number of carbonyl (C=O) groups is 1. The second-order valence-electron chi connectivity index (χ2n) is 4.27. The molecule has 0 saturated heterocycles. The van der Waals surface area contributed by atoms with Gasteiger partial charge in [0.15, 0.2) is 15.6 Å². The molecule has 2 aromatic heterocycles. The number of sulfone groups is 1. The average Bonchev–Trinajstić information content (AvgIpc) is 2.80. The molecule has 9 heteroatoms. The summed E-state index contributed by atoms with van der Waals surface area (Å²) in [6.07, 6.45) is 2.38. The normalized spacial score (nSPS) is 11.4. The summed E-state index contributed by atoms with van der Waals surface area (Å²) in [5.74, 6) is -0.479. The van der Waals surface area contributed by atoms with Crippen LogP contribution in [0, 0.1) is 0 Å². The van der Waals surface area contributed by atoms with Crippen molar-refractivity contribution in [2.24, 2.45) is 0 Å². The van der Waals surface area contributed by atoms with Crippen molar-refractivity contribution in [1.82, 2.24) is 4.98 Å². The first-order chi connectivity index (χ1) is 9.74. The fourth-order valence-electron chi connectivity index (χ4n) is 1.50. The van der Waals surface area contributed by atoms with Gasteiger partial charge in [-0.25, -0.2) is 13.4 Å². The van der Waals surface area contributed by atoms with Crippen LogP contribution in [0.4, 0.5) is 5.82 Å². The standard InChI is InChI=1S/C12H10Cl2N2O4S/c1-21(18,19)6-7-2-3-10(20-7)12(17)16-11-4-8(13)9(14)5-15-11/h2-5H,6H2,1H3,(H,15,16,17). The number of aromatic nitrogens is 1. The highest BCUT2D eigenvalue weighted by atomic mass is 35.5. The maximum Gasteiger partial charge on any atom is 0.292 e. The summed E-state index contributed by atoms with van der Waals surface area (Å²) in [6.45, 7) is 0. The van der Waals surface area contributed by atoms with Crippen LogP contribution < -0.4 is 5.32 Å². The van der Waals surface area contributed by atoms with E-state index in [1.807, 2.05) is 0 Å². The smallest absolute Gasteiger partial charge is 0.292 e. The molecule has 0 aliphatic carbocycles. The molecule has 1 amide bonds. The Labute approximate surface area is 131 Å². The van der Waals surface area contributed by atoms with E-state index in [1.54, 1.807) is 0 Å². The highest BCUT2D eigenvalue weighted by Crippen LogP contribution is 2.23. The maximum absolute atomic E-state index is 11.9. The number of carbonyl (C=O) groups excluding carboxylic acids is 1. The molecule has 0 spiro atoms. The number of halogens is 2. The number of hydrogen-bond acceptors (Lipinski definition) is 5. The number of rotatable bonds is 4. The van der Waals surface area contributed by atoms with Crippen LogP contribution in [0.5, 0.6) is 0 Å². The van der Waals surface area contributed by atoms with Crippen molar-refractivity contribution in [1.29, 1.82) is 0 Å². The molecule has 0 saturated carbocycles. The predicted octanol–water partition coefficient (Wildman–Crippen LogP) is 2.78. The Balaban J connectivity index is 2.11. The second kappa shape index (κ2) is 6.05. The van der Waals surface area contributed by atoms with Crippen LogP contribution >= 0.6 is 23.2 Å². The van der Waals surface area contributed by atoms with Gasteiger partial charge in [0.05, 0.1) is 10.0 Å². The van der Waals surface area contributed by atoms with Crippen LogP contribution in [-0.2, 0) is 15.6 Å². The minimum Gasteiger partial charge on any atom is -0.455 e. The first kappa shape index (κ1) is 15.8. The molecule has 21 heavy (non-hydrogen) atoms. The molecule has 112 valence electrons. The highest BCUT2D eigenvalue weighted by Gasteiger charge is 2.15.